The Morgan fingerprint density at radius 1 is 1.00 bits per heavy atom. The highest BCUT2D eigenvalue weighted by atomic mass is 79.9. The van der Waals surface area contributed by atoms with Crippen molar-refractivity contribution in [2.75, 3.05) is 5.75 Å². The van der Waals surface area contributed by atoms with Crippen molar-refractivity contribution >= 4 is 66.1 Å². The molecule has 0 atom stereocenters. The Morgan fingerprint density at radius 2 is 1.64 bits per heavy atom. The van der Waals surface area contributed by atoms with E-state index >= 15 is 0 Å². The third-order valence-electron chi connectivity index (χ3n) is 4.77. The molecule has 1 N–H and O–H groups in total. The lowest BCUT2D eigenvalue weighted by Gasteiger charge is -2.13. The third kappa shape index (κ3) is 5.61. The predicted molar refractivity (Wildman–Crippen MR) is 140 cm³/mol. The summed E-state index contributed by atoms with van der Waals surface area (Å²) >= 11 is 8.00. The topological polar surface area (TPSA) is 76.3 Å². The molecular formula is C24H18Br2N4O2S. The van der Waals surface area contributed by atoms with Gasteiger partial charge in [0.05, 0.1) is 28.1 Å². The molecule has 0 spiro atoms. The van der Waals surface area contributed by atoms with Gasteiger partial charge in [0.15, 0.2) is 5.16 Å². The third-order valence-corrected chi connectivity index (χ3v) is 6.77. The summed E-state index contributed by atoms with van der Waals surface area (Å²) in [6.07, 6.45) is 0. The minimum Gasteiger partial charge on any atom is -0.272 e. The van der Waals surface area contributed by atoms with Crippen molar-refractivity contribution in [1.82, 2.24) is 15.0 Å². The van der Waals surface area contributed by atoms with Gasteiger partial charge in [-0.3, -0.25) is 14.2 Å². The lowest BCUT2D eigenvalue weighted by molar-refractivity contribution is -0.118. The number of thioether (sulfide) groups is 1. The maximum Gasteiger partial charge on any atom is 0.266 e. The van der Waals surface area contributed by atoms with Gasteiger partial charge in [-0.2, -0.15) is 5.10 Å². The van der Waals surface area contributed by atoms with E-state index in [0.717, 1.165) is 14.5 Å². The summed E-state index contributed by atoms with van der Waals surface area (Å²) < 4.78 is 3.41. The maximum atomic E-state index is 13.2. The molecule has 1 aromatic heterocycles. The van der Waals surface area contributed by atoms with Crippen LogP contribution in [0.3, 0.4) is 0 Å². The van der Waals surface area contributed by atoms with Crippen LogP contribution in [0.4, 0.5) is 0 Å². The molecule has 0 aliphatic rings. The Hall–Kier alpha value is -2.75. The van der Waals surface area contributed by atoms with E-state index in [1.807, 2.05) is 67.6 Å². The highest BCUT2D eigenvalue weighted by Gasteiger charge is 2.15. The Labute approximate surface area is 211 Å². The summed E-state index contributed by atoms with van der Waals surface area (Å²) in [5, 5.41) is 5.14. The SMILES string of the molecule is C/C(=N\NC(=O)CSc1nc2ccccc2c(=O)n1-c1ccc(Br)cc1)c1ccc(Br)cc1. The zero-order valence-electron chi connectivity index (χ0n) is 17.5. The molecule has 33 heavy (non-hydrogen) atoms. The van der Waals surface area contributed by atoms with Crippen molar-refractivity contribution in [3.8, 4) is 5.69 Å². The van der Waals surface area contributed by atoms with Gasteiger partial charge in [0.2, 0.25) is 0 Å². The van der Waals surface area contributed by atoms with Crippen LogP contribution in [-0.4, -0.2) is 26.9 Å². The van der Waals surface area contributed by atoms with Gasteiger partial charge in [0.1, 0.15) is 0 Å². The maximum absolute atomic E-state index is 13.2. The van der Waals surface area contributed by atoms with E-state index in [2.05, 4.69) is 47.4 Å². The molecule has 0 aliphatic heterocycles. The Kier molecular flexibility index (Phi) is 7.42. The van der Waals surface area contributed by atoms with Crippen molar-refractivity contribution in [1.29, 1.82) is 0 Å². The monoisotopic (exact) mass is 584 g/mol. The second kappa shape index (κ2) is 10.5. The van der Waals surface area contributed by atoms with Gasteiger partial charge in [-0.15, -0.1) is 0 Å². The highest BCUT2D eigenvalue weighted by molar-refractivity contribution is 9.10. The smallest absolute Gasteiger partial charge is 0.266 e. The Morgan fingerprint density at radius 3 is 2.33 bits per heavy atom. The van der Waals surface area contributed by atoms with Crippen LogP contribution in [-0.2, 0) is 4.79 Å². The summed E-state index contributed by atoms with van der Waals surface area (Å²) in [6, 6.07) is 22.2. The predicted octanol–water partition coefficient (Wildman–Crippen LogP) is 5.54. The fraction of sp³-hybridized carbons (Fsp3) is 0.0833. The summed E-state index contributed by atoms with van der Waals surface area (Å²) in [4.78, 5) is 30.4. The first-order chi connectivity index (χ1) is 15.9. The first-order valence-electron chi connectivity index (χ1n) is 9.92. The van der Waals surface area contributed by atoms with Gasteiger partial charge in [-0.1, -0.05) is 67.9 Å². The molecule has 1 heterocycles. The molecule has 0 aliphatic carbocycles. The average Bonchev–Trinajstić information content (AvgIpc) is 2.82. The molecule has 0 fully saturated rings. The van der Waals surface area contributed by atoms with Gasteiger partial charge in [0.25, 0.3) is 11.5 Å². The van der Waals surface area contributed by atoms with Crippen LogP contribution >= 0.6 is 43.6 Å². The van der Waals surface area contributed by atoms with Crippen molar-refractivity contribution in [2.24, 2.45) is 5.10 Å². The molecule has 166 valence electrons. The van der Waals surface area contributed by atoms with Crippen LogP contribution in [0.5, 0.6) is 0 Å². The Bertz CT molecular complexity index is 1400. The number of hydrogen-bond donors (Lipinski definition) is 1. The van der Waals surface area contributed by atoms with E-state index in [1.165, 1.54) is 16.3 Å². The molecule has 4 rings (SSSR count). The number of rotatable bonds is 6. The number of hydrazone groups is 1. The molecule has 6 nitrogen and oxygen atoms in total. The van der Waals surface area contributed by atoms with Crippen LogP contribution in [0.25, 0.3) is 16.6 Å². The second-order valence-electron chi connectivity index (χ2n) is 7.06. The molecule has 9 heteroatoms. The van der Waals surface area contributed by atoms with E-state index < -0.39 is 0 Å². The first kappa shape index (κ1) is 23.4. The number of nitrogens with zero attached hydrogens (tertiary/aromatic N) is 3. The van der Waals surface area contributed by atoms with Crippen LogP contribution in [0.2, 0.25) is 0 Å². The van der Waals surface area contributed by atoms with Gasteiger partial charge in [-0.25, -0.2) is 10.4 Å². The molecule has 1 amide bonds. The molecule has 0 bridgehead atoms. The van der Waals surface area contributed by atoms with Crippen molar-refractivity contribution in [3.05, 3.63) is 97.7 Å². The van der Waals surface area contributed by atoms with Gasteiger partial charge >= 0.3 is 0 Å². The van der Waals surface area contributed by atoms with Crippen molar-refractivity contribution < 1.29 is 4.79 Å². The van der Waals surface area contributed by atoms with Gasteiger partial charge in [-0.05, 0) is 61.0 Å². The van der Waals surface area contributed by atoms with Gasteiger partial charge in [0, 0.05) is 8.95 Å². The zero-order valence-corrected chi connectivity index (χ0v) is 21.4. The van der Waals surface area contributed by atoms with Crippen molar-refractivity contribution in [3.63, 3.8) is 0 Å². The number of carbonyl (C=O) groups excluding carboxylic acids is 1. The number of para-hydroxylation sites is 1. The number of carbonyl (C=O) groups is 1. The molecule has 0 saturated carbocycles. The van der Waals surface area contributed by atoms with E-state index in [0.29, 0.717) is 27.5 Å². The number of halogens is 2. The quantitative estimate of drug-likeness (QED) is 0.139. The molecule has 0 radical (unpaired) electrons. The number of nitrogens with one attached hydrogen (secondary N) is 1. The van der Waals surface area contributed by atoms with Gasteiger partial charge < -0.3 is 0 Å². The normalized spacial score (nSPS) is 11.5. The fourth-order valence-electron chi connectivity index (χ4n) is 3.09. The summed E-state index contributed by atoms with van der Waals surface area (Å²) in [6.45, 7) is 1.83. The van der Waals surface area contributed by atoms with Crippen LogP contribution in [0.1, 0.15) is 12.5 Å². The number of fused-ring (bicyclic) bond motifs is 1. The molecular weight excluding hydrogens is 568 g/mol. The molecule has 0 saturated heterocycles. The minimum absolute atomic E-state index is 0.0540. The van der Waals surface area contributed by atoms with Crippen LogP contribution in [0, 0.1) is 0 Å². The summed E-state index contributed by atoms with van der Waals surface area (Å²) in [7, 11) is 0. The lowest BCUT2D eigenvalue weighted by Crippen LogP contribution is -2.24. The van der Waals surface area contributed by atoms with E-state index in [9.17, 15) is 9.59 Å². The fourth-order valence-corrected chi connectivity index (χ4v) is 4.42. The standard InChI is InChI=1S/C24H18Br2N4O2S/c1-15(16-6-8-17(25)9-7-16)28-29-22(31)14-33-24-27-21-5-3-2-4-20(21)23(32)30(24)19-12-10-18(26)11-13-19/h2-13H,14H2,1H3,(H,29,31)/b28-15+. The van der Waals surface area contributed by atoms with E-state index in [4.69, 9.17) is 0 Å². The number of amides is 1. The Balaban J connectivity index is 1.57. The minimum atomic E-state index is -0.291. The number of aromatic nitrogens is 2. The summed E-state index contributed by atoms with van der Waals surface area (Å²) in [5.74, 6) is -0.237. The zero-order chi connectivity index (χ0) is 23.4. The first-order valence-corrected chi connectivity index (χ1v) is 12.5. The number of benzene rings is 3. The van der Waals surface area contributed by atoms with E-state index in [1.54, 1.807) is 12.1 Å². The van der Waals surface area contributed by atoms with Crippen molar-refractivity contribution in [2.45, 2.75) is 12.1 Å². The second-order valence-corrected chi connectivity index (χ2v) is 9.83. The largest absolute Gasteiger partial charge is 0.272 e. The average molecular weight is 586 g/mol. The molecule has 4 aromatic rings. The van der Waals surface area contributed by atoms with E-state index in [-0.39, 0.29) is 17.2 Å². The molecule has 3 aromatic carbocycles. The highest BCUT2D eigenvalue weighted by Crippen LogP contribution is 2.22. The molecule has 0 unspecified atom stereocenters. The van der Waals surface area contributed by atoms with Crippen LogP contribution < -0.4 is 11.0 Å². The van der Waals surface area contributed by atoms with Crippen LogP contribution in [0.15, 0.2) is 96.8 Å². The summed E-state index contributed by atoms with van der Waals surface area (Å²) in [5.41, 5.74) is 5.25. The lowest BCUT2D eigenvalue weighted by atomic mass is 10.1. The number of hydrogen-bond acceptors (Lipinski definition) is 5.